The van der Waals surface area contributed by atoms with E-state index in [2.05, 4.69) is 29.8 Å². The Bertz CT molecular complexity index is 350. The lowest BCUT2D eigenvalue weighted by Gasteiger charge is -2.35. The van der Waals surface area contributed by atoms with Gasteiger partial charge in [0.1, 0.15) is 0 Å². The van der Waals surface area contributed by atoms with Crippen LogP contribution in [0.4, 0.5) is 11.4 Å². The van der Waals surface area contributed by atoms with Gasteiger partial charge >= 0.3 is 0 Å². The predicted molar refractivity (Wildman–Crippen MR) is 79.8 cm³/mol. The molecule has 0 aromatic heterocycles. The molecule has 1 aliphatic rings. The van der Waals surface area contributed by atoms with E-state index in [9.17, 15) is 0 Å². The van der Waals surface area contributed by atoms with Crippen LogP contribution in [0, 0.1) is 6.92 Å². The van der Waals surface area contributed by atoms with Gasteiger partial charge in [-0.05, 0) is 37.7 Å². The van der Waals surface area contributed by atoms with Crippen molar-refractivity contribution in [1.82, 2.24) is 4.90 Å². The van der Waals surface area contributed by atoms with Crippen molar-refractivity contribution >= 4 is 36.2 Å². The molecular formula is C12H21Cl2N3. The molecule has 0 radical (unpaired) electrons. The standard InChI is InChI=1S/C12H19N3.2ClH/c1-10-9-11(13)3-4-12(10)15-7-5-14(2)6-8-15;;/h3-4,9H,5-8,13H2,1-2H3;2*1H. The van der Waals surface area contributed by atoms with E-state index in [0.29, 0.717) is 0 Å². The van der Waals surface area contributed by atoms with E-state index in [4.69, 9.17) is 5.73 Å². The van der Waals surface area contributed by atoms with Crippen molar-refractivity contribution in [1.29, 1.82) is 0 Å². The van der Waals surface area contributed by atoms with Gasteiger partial charge in [-0.25, -0.2) is 0 Å². The number of nitrogens with zero attached hydrogens (tertiary/aromatic N) is 2. The Morgan fingerprint density at radius 2 is 1.65 bits per heavy atom. The lowest BCUT2D eigenvalue weighted by molar-refractivity contribution is 0.312. The molecule has 0 bridgehead atoms. The molecule has 0 amide bonds. The van der Waals surface area contributed by atoms with E-state index in [1.165, 1.54) is 11.3 Å². The minimum atomic E-state index is 0. The zero-order valence-corrected chi connectivity index (χ0v) is 12.0. The molecule has 1 aromatic carbocycles. The number of benzene rings is 1. The molecule has 1 aliphatic heterocycles. The average molecular weight is 278 g/mol. The first-order valence-corrected chi connectivity index (χ1v) is 5.46. The zero-order valence-electron chi connectivity index (χ0n) is 10.3. The van der Waals surface area contributed by atoms with Gasteiger partial charge in [0.05, 0.1) is 0 Å². The Morgan fingerprint density at radius 1 is 1.06 bits per heavy atom. The van der Waals surface area contributed by atoms with Crippen molar-refractivity contribution in [2.75, 3.05) is 43.9 Å². The number of rotatable bonds is 1. The Labute approximate surface area is 116 Å². The lowest BCUT2D eigenvalue weighted by Crippen LogP contribution is -2.44. The summed E-state index contributed by atoms with van der Waals surface area (Å²) in [6.07, 6.45) is 0. The van der Waals surface area contributed by atoms with Crippen LogP contribution < -0.4 is 10.6 Å². The molecular weight excluding hydrogens is 257 g/mol. The molecule has 0 unspecified atom stereocenters. The van der Waals surface area contributed by atoms with E-state index in [1.54, 1.807) is 0 Å². The van der Waals surface area contributed by atoms with Gasteiger partial charge < -0.3 is 15.5 Å². The van der Waals surface area contributed by atoms with Crippen LogP contribution in [0.3, 0.4) is 0 Å². The number of halogens is 2. The van der Waals surface area contributed by atoms with Crippen LogP contribution in [-0.4, -0.2) is 38.1 Å². The van der Waals surface area contributed by atoms with E-state index in [-0.39, 0.29) is 24.8 Å². The summed E-state index contributed by atoms with van der Waals surface area (Å²) in [6, 6.07) is 6.17. The first-order valence-electron chi connectivity index (χ1n) is 5.46. The average Bonchev–Trinajstić information content (AvgIpc) is 2.20. The number of likely N-dealkylation sites (N-methyl/N-ethyl adjacent to an activating group) is 1. The minimum Gasteiger partial charge on any atom is -0.399 e. The Balaban J connectivity index is 0.00000128. The smallest absolute Gasteiger partial charge is 0.0398 e. The number of nitrogens with two attached hydrogens (primary N) is 1. The maximum Gasteiger partial charge on any atom is 0.0398 e. The van der Waals surface area contributed by atoms with Gasteiger partial charge in [0.2, 0.25) is 0 Å². The second kappa shape index (κ2) is 6.94. The van der Waals surface area contributed by atoms with Crippen molar-refractivity contribution in [3.05, 3.63) is 23.8 Å². The van der Waals surface area contributed by atoms with Gasteiger partial charge in [0.25, 0.3) is 0 Å². The SMILES string of the molecule is Cc1cc(N)ccc1N1CCN(C)CC1.Cl.Cl. The molecule has 98 valence electrons. The van der Waals surface area contributed by atoms with Gasteiger partial charge in [-0.3, -0.25) is 0 Å². The van der Waals surface area contributed by atoms with Crippen molar-refractivity contribution in [3.8, 4) is 0 Å². The molecule has 1 heterocycles. The lowest BCUT2D eigenvalue weighted by atomic mass is 10.1. The maximum atomic E-state index is 5.75. The summed E-state index contributed by atoms with van der Waals surface area (Å²) in [5.41, 5.74) is 9.21. The van der Waals surface area contributed by atoms with E-state index in [0.717, 1.165) is 31.9 Å². The Morgan fingerprint density at radius 3 is 2.18 bits per heavy atom. The second-order valence-corrected chi connectivity index (χ2v) is 4.34. The molecule has 1 aromatic rings. The summed E-state index contributed by atoms with van der Waals surface area (Å²) >= 11 is 0. The van der Waals surface area contributed by atoms with E-state index >= 15 is 0 Å². The Kier molecular flexibility index (Phi) is 6.68. The molecule has 0 aliphatic carbocycles. The van der Waals surface area contributed by atoms with Crippen LogP contribution in [0.1, 0.15) is 5.56 Å². The van der Waals surface area contributed by atoms with Crippen LogP contribution >= 0.6 is 24.8 Å². The number of anilines is 2. The fourth-order valence-electron chi connectivity index (χ4n) is 2.08. The molecule has 3 nitrogen and oxygen atoms in total. The van der Waals surface area contributed by atoms with E-state index in [1.807, 2.05) is 12.1 Å². The fourth-order valence-corrected chi connectivity index (χ4v) is 2.08. The summed E-state index contributed by atoms with van der Waals surface area (Å²) < 4.78 is 0. The number of hydrogen-bond acceptors (Lipinski definition) is 3. The van der Waals surface area contributed by atoms with Gasteiger partial charge in [0, 0.05) is 37.6 Å². The van der Waals surface area contributed by atoms with Gasteiger partial charge in [-0.15, -0.1) is 24.8 Å². The quantitative estimate of drug-likeness (QED) is 0.799. The van der Waals surface area contributed by atoms with Crippen LogP contribution in [0.15, 0.2) is 18.2 Å². The largest absolute Gasteiger partial charge is 0.399 e. The minimum absolute atomic E-state index is 0. The molecule has 0 atom stereocenters. The first kappa shape index (κ1) is 16.4. The summed E-state index contributed by atoms with van der Waals surface area (Å²) in [6.45, 7) is 6.64. The second-order valence-electron chi connectivity index (χ2n) is 4.34. The summed E-state index contributed by atoms with van der Waals surface area (Å²) in [7, 11) is 2.17. The summed E-state index contributed by atoms with van der Waals surface area (Å²) in [5.74, 6) is 0. The topological polar surface area (TPSA) is 32.5 Å². The van der Waals surface area contributed by atoms with Crippen molar-refractivity contribution < 1.29 is 0 Å². The summed E-state index contributed by atoms with van der Waals surface area (Å²) in [5, 5.41) is 0. The molecule has 5 heteroatoms. The fraction of sp³-hybridized carbons (Fsp3) is 0.500. The van der Waals surface area contributed by atoms with Crippen molar-refractivity contribution in [2.24, 2.45) is 0 Å². The molecule has 2 rings (SSSR count). The monoisotopic (exact) mass is 277 g/mol. The van der Waals surface area contributed by atoms with Crippen molar-refractivity contribution in [3.63, 3.8) is 0 Å². The molecule has 0 spiro atoms. The molecule has 17 heavy (non-hydrogen) atoms. The highest BCUT2D eigenvalue weighted by atomic mass is 35.5. The Hall–Kier alpha value is -0.640. The van der Waals surface area contributed by atoms with Gasteiger partial charge in [0.15, 0.2) is 0 Å². The van der Waals surface area contributed by atoms with Crippen LogP contribution in [0.25, 0.3) is 0 Å². The predicted octanol–water partition coefficient (Wildman–Crippen LogP) is 2.17. The summed E-state index contributed by atoms with van der Waals surface area (Å²) in [4.78, 5) is 4.80. The number of hydrogen-bond donors (Lipinski definition) is 1. The normalized spacial score (nSPS) is 16.0. The molecule has 1 fully saturated rings. The molecule has 2 N–H and O–H groups in total. The van der Waals surface area contributed by atoms with Gasteiger partial charge in [-0.1, -0.05) is 0 Å². The third kappa shape index (κ3) is 3.95. The third-order valence-electron chi connectivity index (χ3n) is 3.06. The highest BCUT2D eigenvalue weighted by Gasteiger charge is 2.15. The highest BCUT2D eigenvalue weighted by Crippen LogP contribution is 2.23. The number of aryl methyl sites for hydroxylation is 1. The van der Waals surface area contributed by atoms with Crippen LogP contribution in [0.2, 0.25) is 0 Å². The first-order chi connectivity index (χ1) is 7.16. The zero-order chi connectivity index (χ0) is 10.8. The number of nitrogen functional groups attached to an aromatic ring is 1. The third-order valence-corrected chi connectivity index (χ3v) is 3.06. The van der Waals surface area contributed by atoms with Gasteiger partial charge in [-0.2, -0.15) is 0 Å². The maximum absolute atomic E-state index is 5.75. The van der Waals surface area contributed by atoms with Crippen LogP contribution in [0.5, 0.6) is 0 Å². The molecule has 0 saturated carbocycles. The van der Waals surface area contributed by atoms with E-state index < -0.39 is 0 Å². The van der Waals surface area contributed by atoms with Crippen molar-refractivity contribution in [2.45, 2.75) is 6.92 Å². The highest BCUT2D eigenvalue weighted by molar-refractivity contribution is 5.85. The number of piperazine rings is 1. The van der Waals surface area contributed by atoms with Crippen LogP contribution in [-0.2, 0) is 0 Å². The molecule has 1 saturated heterocycles.